The highest BCUT2D eigenvalue weighted by Crippen LogP contribution is 2.43. The van der Waals surface area contributed by atoms with Crippen molar-refractivity contribution >= 4 is 11.5 Å². The Morgan fingerprint density at radius 1 is 1.13 bits per heavy atom. The van der Waals surface area contributed by atoms with E-state index in [9.17, 15) is 4.79 Å². The van der Waals surface area contributed by atoms with Crippen LogP contribution in [0.5, 0.6) is 0 Å². The number of nitrogens with one attached hydrogen (secondary N) is 1. The number of rotatable bonds is 6. The highest BCUT2D eigenvalue weighted by molar-refractivity contribution is 6.06. The number of Topliss-reactive ketones (excluding diaryl/α,β-unsaturated/α-hetero) is 1. The van der Waals surface area contributed by atoms with Gasteiger partial charge in [0.2, 0.25) is 0 Å². The van der Waals surface area contributed by atoms with Gasteiger partial charge in [-0.25, -0.2) is 4.98 Å². The average molecular weight is 415 g/mol. The van der Waals surface area contributed by atoms with Crippen LogP contribution in [0, 0.1) is 6.92 Å². The molecule has 0 unspecified atom stereocenters. The molecule has 2 heterocycles. The van der Waals surface area contributed by atoms with Gasteiger partial charge < -0.3 is 4.84 Å². The van der Waals surface area contributed by atoms with E-state index in [1.54, 1.807) is 0 Å². The first kappa shape index (κ1) is 19.7. The number of aromatic nitrogens is 3. The van der Waals surface area contributed by atoms with Gasteiger partial charge in [-0.15, -0.1) is 0 Å². The number of H-pyrrole nitrogens is 1. The summed E-state index contributed by atoms with van der Waals surface area (Å²) in [6, 6.07) is 14.5. The van der Waals surface area contributed by atoms with Gasteiger partial charge in [0.05, 0.1) is 5.71 Å². The number of hydrogen-bond acceptors (Lipinski definition) is 5. The van der Waals surface area contributed by atoms with E-state index < -0.39 is 0 Å². The second-order valence-electron chi connectivity index (χ2n) is 8.91. The van der Waals surface area contributed by atoms with Crippen LogP contribution in [-0.2, 0) is 4.84 Å². The Labute approximate surface area is 181 Å². The molecule has 0 radical (unpaired) electrons. The summed E-state index contributed by atoms with van der Waals surface area (Å²) < 4.78 is 0. The molecule has 1 saturated carbocycles. The standard InChI is InChI=1S/C25H26N4O2/c1-16-4-6-18(7-5-16)19-11-20(22-14-25(31-29-22)8-3-9-25)13-21(12-19)23(30)10-17(2)24-26-15-27-28-24/h4-7,11-13,15,17H,3,8-10,14H2,1-2H3,(H,26,27,28)/t17-/m1/s1. The minimum atomic E-state index is -0.111. The Morgan fingerprint density at radius 2 is 1.90 bits per heavy atom. The normalized spacial score (nSPS) is 17.7. The summed E-state index contributed by atoms with van der Waals surface area (Å²) in [7, 11) is 0. The number of carbonyl (C=O) groups excluding carboxylic acids is 1. The fraction of sp³-hybridized carbons (Fsp3) is 0.360. The Morgan fingerprint density at radius 3 is 2.55 bits per heavy atom. The third-order valence-electron chi connectivity index (χ3n) is 6.47. The minimum absolute atomic E-state index is 0.0353. The summed E-state index contributed by atoms with van der Waals surface area (Å²) in [6.07, 6.45) is 5.94. The molecule has 158 valence electrons. The third-order valence-corrected chi connectivity index (χ3v) is 6.47. The number of nitrogens with zero attached hydrogens (tertiary/aromatic N) is 3. The number of oxime groups is 1. The minimum Gasteiger partial charge on any atom is -0.389 e. The predicted molar refractivity (Wildman–Crippen MR) is 119 cm³/mol. The van der Waals surface area contributed by atoms with Crippen molar-refractivity contribution in [3.05, 3.63) is 71.3 Å². The molecule has 0 amide bonds. The summed E-state index contributed by atoms with van der Waals surface area (Å²) in [6.45, 7) is 4.06. The smallest absolute Gasteiger partial charge is 0.163 e. The van der Waals surface area contributed by atoms with E-state index in [0.29, 0.717) is 12.0 Å². The van der Waals surface area contributed by atoms with E-state index in [1.807, 2.05) is 19.1 Å². The van der Waals surface area contributed by atoms with E-state index in [4.69, 9.17) is 4.84 Å². The van der Waals surface area contributed by atoms with Crippen molar-refractivity contribution in [3.8, 4) is 11.1 Å². The summed E-state index contributed by atoms with van der Waals surface area (Å²) in [5.74, 6) is 0.771. The van der Waals surface area contributed by atoms with Crippen molar-refractivity contribution in [1.82, 2.24) is 15.2 Å². The van der Waals surface area contributed by atoms with Crippen molar-refractivity contribution in [3.63, 3.8) is 0 Å². The second-order valence-corrected chi connectivity index (χ2v) is 8.91. The molecule has 6 nitrogen and oxygen atoms in total. The first-order valence-electron chi connectivity index (χ1n) is 10.9. The fourth-order valence-corrected chi connectivity index (χ4v) is 4.33. The fourth-order valence-electron chi connectivity index (χ4n) is 4.33. The molecule has 5 rings (SSSR count). The molecule has 0 saturated heterocycles. The predicted octanol–water partition coefficient (Wildman–Crippen LogP) is 5.20. The number of ketones is 1. The lowest BCUT2D eigenvalue weighted by molar-refractivity contribution is -0.0755. The highest BCUT2D eigenvalue weighted by Gasteiger charge is 2.45. The van der Waals surface area contributed by atoms with Crippen LogP contribution in [0.25, 0.3) is 11.1 Å². The van der Waals surface area contributed by atoms with Gasteiger partial charge in [-0.2, -0.15) is 5.10 Å². The SMILES string of the molecule is Cc1ccc(-c2cc(C(=O)C[C@@H](C)c3ncn[nH]3)cc(C3=NOC4(CCC4)C3)c2)cc1. The van der Waals surface area contributed by atoms with Crippen LogP contribution in [0.1, 0.15) is 72.3 Å². The van der Waals surface area contributed by atoms with Gasteiger partial charge in [-0.1, -0.05) is 41.9 Å². The molecule has 1 fully saturated rings. The topological polar surface area (TPSA) is 80.2 Å². The van der Waals surface area contributed by atoms with Crippen LogP contribution in [0.2, 0.25) is 0 Å². The van der Waals surface area contributed by atoms with Crippen molar-refractivity contribution < 1.29 is 9.63 Å². The van der Waals surface area contributed by atoms with Crippen LogP contribution in [0.4, 0.5) is 0 Å². The number of hydrogen-bond donors (Lipinski definition) is 1. The zero-order valence-corrected chi connectivity index (χ0v) is 17.9. The maximum Gasteiger partial charge on any atom is 0.163 e. The lowest BCUT2D eigenvalue weighted by Gasteiger charge is -2.34. The van der Waals surface area contributed by atoms with Gasteiger partial charge in [0, 0.05) is 29.9 Å². The van der Waals surface area contributed by atoms with Crippen molar-refractivity contribution in [2.24, 2.45) is 5.16 Å². The molecule has 2 aromatic carbocycles. The van der Waals surface area contributed by atoms with E-state index in [-0.39, 0.29) is 17.3 Å². The second kappa shape index (κ2) is 7.76. The zero-order valence-electron chi connectivity index (χ0n) is 17.9. The average Bonchev–Trinajstić information content (AvgIpc) is 3.44. The van der Waals surface area contributed by atoms with Crippen LogP contribution in [0.15, 0.2) is 53.9 Å². The highest BCUT2D eigenvalue weighted by atomic mass is 16.7. The molecule has 1 aliphatic carbocycles. The van der Waals surface area contributed by atoms with Gasteiger partial charge in [0.15, 0.2) is 5.78 Å². The van der Waals surface area contributed by atoms with Crippen LogP contribution in [-0.4, -0.2) is 32.3 Å². The Bertz CT molecular complexity index is 1130. The summed E-state index contributed by atoms with van der Waals surface area (Å²) >= 11 is 0. The molecular formula is C25H26N4O2. The molecule has 6 heteroatoms. The lowest BCUT2D eigenvalue weighted by atomic mass is 9.76. The zero-order chi connectivity index (χ0) is 21.4. The van der Waals surface area contributed by atoms with Gasteiger partial charge in [-0.3, -0.25) is 9.89 Å². The van der Waals surface area contributed by atoms with Crippen LogP contribution >= 0.6 is 0 Å². The summed E-state index contributed by atoms with van der Waals surface area (Å²) in [4.78, 5) is 23.2. The molecular weight excluding hydrogens is 388 g/mol. The maximum absolute atomic E-state index is 13.2. The van der Waals surface area contributed by atoms with Gasteiger partial charge >= 0.3 is 0 Å². The summed E-state index contributed by atoms with van der Waals surface area (Å²) in [5.41, 5.74) is 5.80. The number of aryl methyl sites for hydroxylation is 1. The molecule has 1 aliphatic heterocycles. The molecule has 31 heavy (non-hydrogen) atoms. The molecule has 2 aliphatic rings. The molecule has 1 spiro atoms. The Balaban J connectivity index is 1.48. The van der Waals surface area contributed by atoms with E-state index >= 15 is 0 Å². The maximum atomic E-state index is 13.2. The molecule has 1 N–H and O–H groups in total. The number of aromatic amines is 1. The molecule has 0 bridgehead atoms. The first-order valence-corrected chi connectivity index (χ1v) is 10.9. The van der Waals surface area contributed by atoms with Crippen LogP contribution in [0.3, 0.4) is 0 Å². The molecule has 3 aromatic rings. The van der Waals surface area contributed by atoms with Gasteiger partial charge in [0.1, 0.15) is 17.8 Å². The lowest BCUT2D eigenvalue weighted by Crippen LogP contribution is -2.36. The van der Waals surface area contributed by atoms with Crippen molar-refractivity contribution in [1.29, 1.82) is 0 Å². The number of benzene rings is 2. The van der Waals surface area contributed by atoms with E-state index in [0.717, 1.165) is 47.5 Å². The third kappa shape index (κ3) is 3.90. The first-order chi connectivity index (χ1) is 15.0. The van der Waals surface area contributed by atoms with Gasteiger partial charge in [0.25, 0.3) is 0 Å². The van der Waals surface area contributed by atoms with Crippen molar-refractivity contribution in [2.75, 3.05) is 0 Å². The van der Waals surface area contributed by atoms with Crippen LogP contribution < -0.4 is 0 Å². The van der Waals surface area contributed by atoms with E-state index in [1.165, 1.54) is 18.3 Å². The van der Waals surface area contributed by atoms with E-state index in [2.05, 4.69) is 57.6 Å². The Hall–Kier alpha value is -3.28. The monoisotopic (exact) mass is 414 g/mol. The quantitative estimate of drug-likeness (QED) is 0.562. The molecule has 1 atom stereocenters. The largest absolute Gasteiger partial charge is 0.389 e. The summed E-state index contributed by atoms with van der Waals surface area (Å²) in [5, 5.41) is 11.2. The molecule has 1 aromatic heterocycles. The number of carbonyl (C=O) groups is 1. The Kier molecular flexibility index (Phi) is 4.93. The van der Waals surface area contributed by atoms with Crippen molar-refractivity contribution in [2.45, 2.75) is 57.5 Å². The van der Waals surface area contributed by atoms with Gasteiger partial charge in [-0.05, 0) is 55.5 Å².